The highest BCUT2D eigenvalue weighted by Crippen LogP contribution is 2.25. The van der Waals surface area contributed by atoms with Crippen molar-refractivity contribution >= 4 is 11.6 Å². The van der Waals surface area contributed by atoms with Crippen molar-refractivity contribution in [1.29, 1.82) is 0 Å². The molecule has 4 aromatic heterocycles. The Balaban J connectivity index is 1.35. The zero-order valence-corrected chi connectivity index (χ0v) is 18.1. The van der Waals surface area contributed by atoms with Crippen molar-refractivity contribution in [3.8, 4) is 5.75 Å². The fraction of sp³-hybridized carbons (Fsp3) is 0.182. The van der Waals surface area contributed by atoms with Crippen LogP contribution in [-0.4, -0.2) is 37.7 Å². The molecule has 3 N–H and O–H groups in total. The minimum Gasteiger partial charge on any atom is -0.491 e. The average molecular weight is 465 g/mol. The van der Waals surface area contributed by atoms with Gasteiger partial charge in [-0.3, -0.25) is 19.6 Å². The Morgan fingerprint density at radius 2 is 2.06 bits per heavy atom. The predicted molar refractivity (Wildman–Crippen MR) is 117 cm³/mol. The Hall–Kier alpha value is -4.61. The maximum atomic E-state index is 14.3. The number of amides is 1. The molecule has 0 aliphatic heterocycles. The normalized spacial score (nSPS) is 10.8. The quantitative estimate of drug-likeness (QED) is 0.392. The number of hydrogen-bond donors (Lipinski definition) is 2. The third-order valence-corrected chi connectivity index (χ3v) is 4.83. The van der Waals surface area contributed by atoms with Gasteiger partial charge >= 0.3 is 11.8 Å². The van der Waals surface area contributed by atoms with Gasteiger partial charge in [0.15, 0.2) is 11.6 Å². The largest absolute Gasteiger partial charge is 0.491 e. The molecule has 1 amide bonds. The third-order valence-electron chi connectivity index (χ3n) is 4.83. The van der Waals surface area contributed by atoms with E-state index < -0.39 is 11.7 Å². The summed E-state index contributed by atoms with van der Waals surface area (Å²) in [5, 5.41) is 10.1. The molecule has 0 saturated carbocycles. The molecule has 0 aliphatic rings. The summed E-state index contributed by atoms with van der Waals surface area (Å²) in [7, 11) is 1.28. The summed E-state index contributed by atoms with van der Waals surface area (Å²) >= 11 is 0. The van der Waals surface area contributed by atoms with Crippen LogP contribution in [0.3, 0.4) is 0 Å². The lowest BCUT2D eigenvalue weighted by Gasteiger charge is -2.09. The molecule has 4 rings (SSSR count). The van der Waals surface area contributed by atoms with Crippen LogP contribution in [0.2, 0.25) is 0 Å². The van der Waals surface area contributed by atoms with Gasteiger partial charge in [0, 0.05) is 18.5 Å². The first-order chi connectivity index (χ1) is 16.4. The van der Waals surface area contributed by atoms with Crippen molar-refractivity contribution in [2.45, 2.75) is 19.5 Å². The van der Waals surface area contributed by atoms with Gasteiger partial charge in [-0.1, -0.05) is 12.1 Å². The molecule has 0 bridgehead atoms. The lowest BCUT2D eigenvalue weighted by atomic mass is 10.2. The van der Waals surface area contributed by atoms with E-state index in [1.165, 1.54) is 19.4 Å². The van der Waals surface area contributed by atoms with Gasteiger partial charge in [-0.2, -0.15) is 0 Å². The summed E-state index contributed by atoms with van der Waals surface area (Å²) in [4.78, 5) is 32.3. The predicted octanol–water partition coefficient (Wildman–Crippen LogP) is 1.32. The molecule has 0 aromatic carbocycles. The van der Waals surface area contributed by atoms with Crippen LogP contribution < -0.4 is 21.3 Å². The van der Waals surface area contributed by atoms with Gasteiger partial charge in [0.2, 0.25) is 5.89 Å². The number of anilines is 1. The molecule has 11 nitrogen and oxygen atoms in total. The number of nitrogens with zero attached hydrogens (tertiary/aromatic N) is 5. The van der Waals surface area contributed by atoms with Crippen LogP contribution in [0.15, 0.2) is 58.1 Å². The number of carbonyl (C=O) groups is 1. The van der Waals surface area contributed by atoms with Crippen LogP contribution in [0, 0.1) is 5.82 Å². The molecule has 0 spiro atoms. The van der Waals surface area contributed by atoms with E-state index in [1.54, 1.807) is 35.2 Å². The van der Waals surface area contributed by atoms with Gasteiger partial charge in [0.05, 0.1) is 49.9 Å². The number of ether oxygens (including phenoxy) is 1. The van der Waals surface area contributed by atoms with Crippen molar-refractivity contribution in [3.05, 3.63) is 93.8 Å². The fourth-order valence-electron chi connectivity index (χ4n) is 3.10. The summed E-state index contributed by atoms with van der Waals surface area (Å²) in [6.45, 7) is 0.120. The standard InChI is InChI=1S/C22H20FN7O4/c1-33-20-15(24)10-26-16(19(20)23)11-27-21(32)22-29-28-17(34-22)8-13-5-6-14(25-9-13)12-30-7-3-2-4-18(30)31/h2-7,9-10H,8,11-12,24H2,1H3,(H,27,32). The fourth-order valence-corrected chi connectivity index (χ4v) is 3.10. The highest BCUT2D eigenvalue weighted by atomic mass is 19.1. The minimum atomic E-state index is -0.762. The van der Waals surface area contributed by atoms with E-state index in [9.17, 15) is 14.0 Å². The van der Waals surface area contributed by atoms with Gasteiger partial charge in [-0.05, 0) is 17.7 Å². The Bertz CT molecular complexity index is 1370. The van der Waals surface area contributed by atoms with E-state index >= 15 is 0 Å². The summed E-state index contributed by atoms with van der Waals surface area (Å²) in [6, 6.07) is 8.55. The van der Waals surface area contributed by atoms with Gasteiger partial charge in [0.25, 0.3) is 5.56 Å². The van der Waals surface area contributed by atoms with Crippen molar-refractivity contribution in [3.63, 3.8) is 0 Å². The first-order valence-corrected chi connectivity index (χ1v) is 10.1. The zero-order valence-electron chi connectivity index (χ0n) is 18.1. The van der Waals surface area contributed by atoms with Crippen LogP contribution in [-0.2, 0) is 19.5 Å². The first kappa shape index (κ1) is 22.6. The molecule has 0 fully saturated rings. The molecule has 0 aliphatic carbocycles. The van der Waals surface area contributed by atoms with E-state index in [0.29, 0.717) is 12.2 Å². The average Bonchev–Trinajstić information content (AvgIpc) is 3.30. The molecule has 4 aromatic rings. The molecule has 4 heterocycles. The number of nitrogens with two attached hydrogens (primary N) is 1. The summed E-state index contributed by atoms with van der Waals surface area (Å²) in [6.07, 6.45) is 4.82. The second-order valence-electron chi connectivity index (χ2n) is 7.19. The van der Waals surface area contributed by atoms with E-state index in [2.05, 4.69) is 25.5 Å². The second-order valence-corrected chi connectivity index (χ2v) is 7.19. The van der Waals surface area contributed by atoms with E-state index in [-0.39, 0.29) is 47.4 Å². The van der Waals surface area contributed by atoms with Gasteiger partial charge in [0.1, 0.15) is 0 Å². The van der Waals surface area contributed by atoms with Crippen LogP contribution in [0.5, 0.6) is 5.75 Å². The van der Waals surface area contributed by atoms with Crippen LogP contribution >= 0.6 is 0 Å². The lowest BCUT2D eigenvalue weighted by molar-refractivity contribution is 0.0913. The maximum Gasteiger partial charge on any atom is 0.309 e. The number of halogens is 1. The number of methoxy groups -OCH3 is 1. The van der Waals surface area contributed by atoms with Crippen LogP contribution in [0.1, 0.15) is 33.5 Å². The molecule has 12 heteroatoms. The number of nitrogen functional groups attached to an aromatic ring is 1. The van der Waals surface area contributed by atoms with Crippen LogP contribution in [0.25, 0.3) is 0 Å². The van der Waals surface area contributed by atoms with Crippen molar-refractivity contribution in [2.24, 2.45) is 0 Å². The van der Waals surface area contributed by atoms with Crippen LogP contribution in [0.4, 0.5) is 10.1 Å². The Morgan fingerprint density at radius 3 is 2.79 bits per heavy atom. The second kappa shape index (κ2) is 9.90. The van der Waals surface area contributed by atoms with Gasteiger partial charge in [-0.15, -0.1) is 10.2 Å². The molecule has 0 unspecified atom stereocenters. The molecule has 174 valence electrons. The number of hydrogen-bond acceptors (Lipinski definition) is 9. The minimum absolute atomic E-state index is 0.0492. The number of pyridine rings is 3. The molecular formula is C22H20FN7O4. The summed E-state index contributed by atoms with van der Waals surface area (Å²) in [5.41, 5.74) is 6.97. The zero-order chi connectivity index (χ0) is 24.1. The van der Waals surface area contributed by atoms with E-state index in [4.69, 9.17) is 14.9 Å². The summed E-state index contributed by atoms with van der Waals surface area (Å²) in [5.74, 6) is -1.65. The third kappa shape index (κ3) is 5.06. The molecule has 0 atom stereocenters. The number of nitrogens with one attached hydrogen (secondary N) is 1. The van der Waals surface area contributed by atoms with Crippen molar-refractivity contribution in [2.75, 3.05) is 12.8 Å². The first-order valence-electron chi connectivity index (χ1n) is 10.1. The maximum absolute atomic E-state index is 14.3. The highest BCUT2D eigenvalue weighted by molar-refractivity contribution is 5.89. The number of carbonyl (C=O) groups excluding carboxylic acids is 1. The SMILES string of the molecule is COc1c(N)cnc(CNC(=O)c2nnc(Cc3ccc(Cn4ccccc4=O)nc3)o2)c1F. The molecular weight excluding hydrogens is 445 g/mol. The highest BCUT2D eigenvalue weighted by Gasteiger charge is 2.18. The van der Waals surface area contributed by atoms with Crippen molar-refractivity contribution < 1.29 is 18.3 Å². The van der Waals surface area contributed by atoms with Gasteiger partial charge < -0.3 is 24.8 Å². The smallest absolute Gasteiger partial charge is 0.309 e. The summed E-state index contributed by atoms with van der Waals surface area (Å²) < 4.78 is 26.2. The monoisotopic (exact) mass is 465 g/mol. The van der Waals surface area contributed by atoms with Crippen molar-refractivity contribution in [1.82, 2.24) is 30.0 Å². The molecule has 0 radical (unpaired) electrons. The Kier molecular flexibility index (Phi) is 6.57. The lowest BCUT2D eigenvalue weighted by Crippen LogP contribution is -2.24. The molecule has 0 saturated heterocycles. The van der Waals surface area contributed by atoms with E-state index in [0.717, 1.165) is 5.56 Å². The Morgan fingerprint density at radius 1 is 1.21 bits per heavy atom. The van der Waals surface area contributed by atoms with Gasteiger partial charge in [-0.25, -0.2) is 4.39 Å². The Labute approximate surface area is 192 Å². The number of aromatic nitrogens is 5. The topological polar surface area (TPSA) is 151 Å². The number of rotatable bonds is 8. The molecule has 34 heavy (non-hydrogen) atoms. The van der Waals surface area contributed by atoms with E-state index in [1.807, 2.05) is 6.07 Å².